The first-order chi connectivity index (χ1) is 16.9. The van der Waals surface area contributed by atoms with E-state index in [0.717, 1.165) is 5.56 Å². The van der Waals surface area contributed by atoms with E-state index in [1.54, 1.807) is 54.6 Å². The topological polar surface area (TPSA) is 98.2 Å². The van der Waals surface area contributed by atoms with Crippen LogP contribution in [-0.4, -0.2) is 24.8 Å². The van der Waals surface area contributed by atoms with E-state index < -0.39 is 11.8 Å². The van der Waals surface area contributed by atoms with Gasteiger partial charge >= 0.3 is 11.8 Å². The van der Waals surface area contributed by atoms with Gasteiger partial charge in [0.2, 0.25) is 6.79 Å². The fraction of sp³-hybridized carbons (Fsp3) is 0.125. The lowest BCUT2D eigenvalue weighted by Gasteiger charge is -2.12. The Kier molecular flexibility index (Phi) is 7.97. The summed E-state index contributed by atoms with van der Waals surface area (Å²) in [6.45, 7) is 0.387. The van der Waals surface area contributed by atoms with Crippen molar-refractivity contribution in [3.63, 3.8) is 0 Å². The zero-order chi connectivity index (χ0) is 24.8. The molecule has 0 saturated carbocycles. The van der Waals surface area contributed by atoms with Crippen LogP contribution in [-0.2, 0) is 22.7 Å². The fourth-order valence-corrected chi connectivity index (χ4v) is 3.78. The molecule has 0 atom stereocenters. The Labute approximate surface area is 215 Å². The largest absolute Gasteiger partial charge is 0.488 e. The minimum absolute atomic E-state index is 0.107. The second-order valence-electron chi connectivity index (χ2n) is 7.24. The summed E-state index contributed by atoms with van der Waals surface area (Å²) in [5, 5.41) is 7.74. The van der Waals surface area contributed by atoms with Crippen molar-refractivity contribution in [3.05, 3.63) is 86.4 Å². The molecule has 0 radical (unpaired) electrons. The monoisotopic (exact) mass is 533 g/mol. The van der Waals surface area contributed by atoms with E-state index in [1.165, 1.54) is 6.21 Å². The Hall–Kier alpha value is -3.46. The Morgan fingerprint density at radius 3 is 2.54 bits per heavy atom. The summed E-state index contributed by atoms with van der Waals surface area (Å²) in [5.41, 5.74) is 4.03. The number of fused-ring (bicyclic) bond motifs is 1. The number of amides is 2. The Morgan fingerprint density at radius 2 is 1.74 bits per heavy atom. The summed E-state index contributed by atoms with van der Waals surface area (Å²) < 4.78 is 16.4. The second-order valence-corrected chi connectivity index (χ2v) is 8.49. The third-order valence-electron chi connectivity index (χ3n) is 4.87. The molecule has 1 heterocycles. The standard InChI is InChI=1S/C24H18Cl3N3O5/c25-16-5-7-20(33-12-17-18(26)2-1-3-19(17)27)15(9-16)11-29-30-24(32)23(31)28-10-14-4-6-21-22(8-14)35-13-34-21/h1-9,11H,10,12-13H2,(H,28,31)(H,30,32)/b29-11-. The first-order valence-corrected chi connectivity index (χ1v) is 11.4. The lowest BCUT2D eigenvalue weighted by Crippen LogP contribution is -2.37. The van der Waals surface area contributed by atoms with Gasteiger partial charge in [0.1, 0.15) is 12.4 Å². The second kappa shape index (κ2) is 11.3. The molecular formula is C24H18Cl3N3O5. The molecule has 1 aliphatic rings. The van der Waals surface area contributed by atoms with Crippen molar-refractivity contribution >= 4 is 52.8 Å². The van der Waals surface area contributed by atoms with Crippen molar-refractivity contribution in [1.82, 2.24) is 10.7 Å². The van der Waals surface area contributed by atoms with Crippen LogP contribution in [0.4, 0.5) is 0 Å². The average Bonchev–Trinajstić information content (AvgIpc) is 3.31. The number of nitrogens with one attached hydrogen (secondary N) is 2. The van der Waals surface area contributed by atoms with Gasteiger partial charge in [-0.2, -0.15) is 5.10 Å². The SMILES string of the molecule is O=C(NCc1ccc2c(c1)OCO2)C(=O)N/N=C\c1cc(Cl)ccc1OCc1c(Cl)cccc1Cl. The summed E-state index contributed by atoms with van der Waals surface area (Å²) in [6.07, 6.45) is 1.32. The van der Waals surface area contributed by atoms with Crippen LogP contribution in [0, 0.1) is 0 Å². The molecule has 0 saturated heterocycles. The van der Waals surface area contributed by atoms with Gasteiger partial charge in [0, 0.05) is 32.7 Å². The maximum Gasteiger partial charge on any atom is 0.329 e. The highest BCUT2D eigenvalue weighted by Crippen LogP contribution is 2.32. The quantitative estimate of drug-likeness (QED) is 0.260. The van der Waals surface area contributed by atoms with Gasteiger partial charge in [0.05, 0.1) is 6.21 Å². The fourth-order valence-electron chi connectivity index (χ4n) is 3.10. The molecule has 3 aromatic carbocycles. The molecule has 1 aliphatic heterocycles. The van der Waals surface area contributed by atoms with E-state index in [1.807, 2.05) is 0 Å². The van der Waals surface area contributed by atoms with Gasteiger partial charge in [-0.3, -0.25) is 9.59 Å². The number of hydrogen-bond acceptors (Lipinski definition) is 6. The van der Waals surface area contributed by atoms with Crippen LogP contribution in [0.25, 0.3) is 0 Å². The lowest BCUT2D eigenvalue weighted by atomic mass is 10.2. The predicted molar refractivity (Wildman–Crippen MR) is 132 cm³/mol. The number of ether oxygens (including phenoxy) is 3. The van der Waals surface area contributed by atoms with E-state index in [2.05, 4.69) is 15.8 Å². The number of halogens is 3. The Morgan fingerprint density at radius 1 is 0.971 bits per heavy atom. The van der Waals surface area contributed by atoms with Crippen molar-refractivity contribution in [3.8, 4) is 17.2 Å². The highest BCUT2D eigenvalue weighted by Gasteiger charge is 2.16. The molecule has 180 valence electrons. The van der Waals surface area contributed by atoms with Crippen LogP contribution >= 0.6 is 34.8 Å². The van der Waals surface area contributed by atoms with Crippen molar-refractivity contribution in [1.29, 1.82) is 0 Å². The molecule has 0 aliphatic carbocycles. The number of rotatable bonds is 7. The molecule has 3 aromatic rings. The number of hydrogen-bond donors (Lipinski definition) is 2. The van der Waals surface area contributed by atoms with Crippen LogP contribution < -0.4 is 25.0 Å². The van der Waals surface area contributed by atoms with Crippen LogP contribution in [0.2, 0.25) is 15.1 Å². The zero-order valence-corrected chi connectivity index (χ0v) is 20.3. The summed E-state index contributed by atoms with van der Waals surface area (Å²) in [6, 6.07) is 15.3. The van der Waals surface area contributed by atoms with Gasteiger partial charge in [0.25, 0.3) is 0 Å². The average molecular weight is 535 g/mol. The number of hydrazone groups is 1. The van der Waals surface area contributed by atoms with Gasteiger partial charge in [-0.05, 0) is 48.0 Å². The first kappa shape index (κ1) is 24.7. The third kappa shape index (κ3) is 6.36. The first-order valence-electron chi connectivity index (χ1n) is 10.3. The Bertz CT molecular complexity index is 1280. The van der Waals surface area contributed by atoms with Crippen molar-refractivity contribution in [2.45, 2.75) is 13.2 Å². The smallest absolute Gasteiger partial charge is 0.329 e. The molecule has 2 amide bonds. The molecule has 2 N–H and O–H groups in total. The van der Waals surface area contributed by atoms with Crippen LogP contribution in [0.3, 0.4) is 0 Å². The van der Waals surface area contributed by atoms with Gasteiger partial charge in [0.15, 0.2) is 11.5 Å². The molecule has 11 heteroatoms. The summed E-state index contributed by atoms with van der Waals surface area (Å²) in [4.78, 5) is 24.2. The van der Waals surface area contributed by atoms with Gasteiger partial charge in [-0.1, -0.05) is 46.9 Å². The number of carbonyl (C=O) groups is 2. The number of carbonyl (C=O) groups excluding carboxylic acids is 2. The van der Waals surface area contributed by atoms with Crippen LogP contribution in [0.1, 0.15) is 16.7 Å². The number of benzene rings is 3. The molecule has 0 spiro atoms. The maximum atomic E-state index is 12.1. The molecule has 4 rings (SSSR count). The van der Waals surface area contributed by atoms with E-state index in [4.69, 9.17) is 49.0 Å². The maximum absolute atomic E-state index is 12.1. The van der Waals surface area contributed by atoms with Crippen LogP contribution in [0.15, 0.2) is 59.7 Å². The van der Waals surface area contributed by atoms with E-state index >= 15 is 0 Å². The van der Waals surface area contributed by atoms with Gasteiger partial charge in [-0.15, -0.1) is 0 Å². The zero-order valence-electron chi connectivity index (χ0n) is 18.0. The van der Waals surface area contributed by atoms with E-state index in [-0.39, 0.29) is 19.9 Å². The summed E-state index contributed by atoms with van der Waals surface area (Å²) in [5.74, 6) is -0.144. The third-order valence-corrected chi connectivity index (χ3v) is 5.81. The number of nitrogens with zero attached hydrogens (tertiary/aromatic N) is 1. The van der Waals surface area contributed by atoms with Crippen molar-refractivity contribution < 1.29 is 23.8 Å². The molecule has 0 fully saturated rings. The summed E-state index contributed by atoms with van der Waals surface area (Å²) >= 11 is 18.5. The van der Waals surface area contributed by atoms with E-state index in [9.17, 15) is 9.59 Å². The van der Waals surface area contributed by atoms with Gasteiger partial charge < -0.3 is 19.5 Å². The molecule has 0 aromatic heterocycles. The lowest BCUT2D eigenvalue weighted by molar-refractivity contribution is -0.139. The predicted octanol–water partition coefficient (Wildman–Crippen LogP) is 4.72. The normalized spacial score (nSPS) is 12.0. The highest BCUT2D eigenvalue weighted by atomic mass is 35.5. The van der Waals surface area contributed by atoms with Crippen molar-refractivity contribution in [2.75, 3.05) is 6.79 Å². The van der Waals surface area contributed by atoms with Crippen LogP contribution in [0.5, 0.6) is 17.2 Å². The molecular weight excluding hydrogens is 517 g/mol. The molecule has 0 unspecified atom stereocenters. The Balaban J connectivity index is 1.33. The van der Waals surface area contributed by atoms with E-state index in [0.29, 0.717) is 43.4 Å². The molecule has 35 heavy (non-hydrogen) atoms. The van der Waals surface area contributed by atoms with Gasteiger partial charge in [-0.25, -0.2) is 5.43 Å². The highest BCUT2D eigenvalue weighted by molar-refractivity contribution is 6.36. The minimum Gasteiger partial charge on any atom is -0.488 e. The molecule has 0 bridgehead atoms. The van der Waals surface area contributed by atoms with Crippen molar-refractivity contribution in [2.24, 2.45) is 5.10 Å². The molecule has 8 nitrogen and oxygen atoms in total. The summed E-state index contributed by atoms with van der Waals surface area (Å²) in [7, 11) is 0. The minimum atomic E-state index is -0.936.